The third kappa shape index (κ3) is 4.48. The third-order valence-corrected chi connectivity index (χ3v) is 8.34. The number of nitrogens with two attached hydrogens (primary N) is 1. The Labute approximate surface area is 222 Å². The fourth-order valence-electron chi connectivity index (χ4n) is 3.80. The Kier molecular flexibility index (Phi) is 6.54. The topological polar surface area (TPSA) is 178 Å². The van der Waals surface area contributed by atoms with Crippen molar-refractivity contribution in [2.45, 2.75) is 4.90 Å². The molecule has 0 saturated heterocycles. The number of azo groups is 1. The average Bonchev–Trinajstić information content (AvgIpc) is 2.78. The molecule has 0 spiro atoms. The SMILES string of the molecule is Nc1ccc2cc(S(=O)(=O)O)c(N=Nc3ccc4c(c3)P(=O)(O)c3ccccc3N4)c([O-])c2c1.[Na+]. The maximum Gasteiger partial charge on any atom is 1.00 e. The zero-order valence-electron chi connectivity index (χ0n) is 18.2. The molecule has 0 radical (unpaired) electrons. The predicted octanol–water partition coefficient (Wildman–Crippen LogP) is 0.440. The van der Waals surface area contributed by atoms with Crippen LogP contribution in [0.1, 0.15) is 0 Å². The summed E-state index contributed by atoms with van der Waals surface area (Å²) in [5.41, 5.74) is 6.44. The van der Waals surface area contributed by atoms with Crippen LogP contribution in [0.2, 0.25) is 0 Å². The maximum atomic E-state index is 13.2. The van der Waals surface area contributed by atoms with Crippen LogP contribution in [0.15, 0.2) is 81.9 Å². The molecule has 0 fully saturated rings. The van der Waals surface area contributed by atoms with Crippen LogP contribution in [0.25, 0.3) is 10.8 Å². The van der Waals surface area contributed by atoms with Crippen LogP contribution in [0.3, 0.4) is 0 Å². The number of nitrogens with one attached hydrogen (secondary N) is 1. The first kappa shape index (κ1) is 25.3. The van der Waals surface area contributed by atoms with E-state index in [1.54, 1.807) is 24.3 Å². The molecule has 4 aromatic carbocycles. The monoisotopic (exact) mass is 518 g/mol. The molecule has 1 unspecified atom stereocenters. The summed E-state index contributed by atoms with van der Waals surface area (Å²) < 4.78 is 46.7. The summed E-state index contributed by atoms with van der Waals surface area (Å²) in [4.78, 5) is 10.1. The van der Waals surface area contributed by atoms with Crippen molar-refractivity contribution >= 4 is 67.3 Å². The molecule has 5 rings (SSSR count). The third-order valence-electron chi connectivity index (χ3n) is 5.41. The maximum absolute atomic E-state index is 13.2. The predicted molar refractivity (Wildman–Crippen MR) is 127 cm³/mol. The van der Waals surface area contributed by atoms with Crippen molar-refractivity contribution in [2.75, 3.05) is 11.1 Å². The Morgan fingerprint density at radius 2 is 1.66 bits per heavy atom. The minimum atomic E-state index is -4.81. The summed E-state index contributed by atoms with van der Waals surface area (Å²) in [5, 5.41) is 24.5. The van der Waals surface area contributed by atoms with Gasteiger partial charge in [0.2, 0.25) is 0 Å². The van der Waals surface area contributed by atoms with Crippen molar-refractivity contribution in [2.24, 2.45) is 10.2 Å². The van der Waals surface area contributed by atoms with Crippen molar-refractivity contribution in [1.82, 2.24) is 0 Å². The van der Waals surface area contributed by atoms with E-state index in [9.17, 15) is 27.5 Å². The van der Waals surface area contributed by atoms with E-state index in [1.165, 1.54) is 36.4 Å². The molecule has 1 heterocycles. The molecule has 172 valence electrons. The van der Waals surface area contributed by atoms with Crippen LogP contribution in [0, 0.1) is 0 Å². The van der Waals surface area contributed by atoms with Crippen LogP contribution < -0.4 is 56.3 Å². The van der Waals surface area contributed by atoms with E-state index in [2.05, 4.69) is 15.5 Å². The van der Waals surface area contributed by atoms with Crippen LogP contribution >= 0.6 is 7.37 Å². The summed E-state index contributed by atoms with van der Waals surface area (Å²) in [6, 6.07) is 16.4. The van der Waals surface area contributed by atoms with Gasteiger partial charge < -0.3 is 21.1 Å². The number of anilines is 3. The summed E-state index contributed by atoms with van der Waals surface area (Å²) >= 11 is 0. The molecular weight excluding hydrogens is 502 g/mol. The van der Waals surface area contributed by atoms with E-state index in [-0.39, 0.29) is 62.3 Å². The van der Waals surface area contributed by atoms with E-state index in [4.69, 9.17) is 5.73 Å². The number of benzene rings is 4. The number of nitrogens with zero attached hydrogens (tertiary/aromatic N) is 2. The largest absolute Gasteiger partial charge is 1.00 e. The first-order chi connectivity index (χ1) is 16.1. The molecule has 35 heavy (non-hydrogen) atoms. The van der Waals surface area contributed by atoms with Gasteiger partial charge in [0, 0.05) is 5.69 Å². The number of nitrogen functional groups attached to an aromatic ring is 1. The van der Waals surface area contributed by atoms with E-state index < -0.39 is 33.8 Å². The number of hydrogen-bond donors (Lipinski definition) is 4. The molecule has 1 atom stereocenters. The number of para-hydroxylation sites is 1. The van der Waals surface area contributed by atoms with Gasteiger partial charge in [-0.3, -0.25) is 9.12 Å². The smallest absolute Gasteiger partial charge is 0.871 e. The summed E-state index contributed by atoms with van der Waals surface area (Å²) in [6.07, 6.45) is 0. The van der Waals surface area contributed by atoms with Gasteiger partial charge in [0.1, 0.15) is 4.90 Å². The van der Waals surface area contributed by atoms with Crippen molar-refractivity contribution in [3.63, 3.8) is 0 Å². The van der Waals surface area contributed by atoms with E-state index >= 15 is 0 Å². The molecule has 4 aromatic rings. The normalized spacial score (nSPS) is 16.9. The number of fused-ring (bicyclic) bond motifs is 3. The molecule has 0 aliphatic carbocycles. The van der Waals surface area contributed by atoms with Crippen LogP contribution in [0.5, 0.6) is 5.75 Å². The molecule has 0 aromatic heterocycles. The number of hydrogen-bond acceptors (Lipinski definition) is 8. The van der Waals surface area contributed by atoms with Gasteiger partial charge in [-0.1, -0.05) is 23.9 Å². The molecule has 0 amide bonds. The van der Waals surface area contributed by atoms with Crippen molar-refractivity contribution in [1.29, 1.82) is 0 Å². The van der Waals surface area contributed by atoms with E-state index in [0.29, 0.717) is 11.4 Å². The molecule has 5 N–H and O–H groups in total. The van der Waals surface area contributed by atoms with E-state index in [0.717, 1.165) is 6.07 Å². The number of rotatable bonds is 3. The van der Waals surface area contributed by atoms with Crippen LogP contribution in [-0.4, -0.2) is 17.9 Å². The quantitative estimate of drug-likeness (QED) is 0.0992. The summed E-state index contributed by atoms with van der Waals surface area (Å²) in [5.74, 6) is -0.789. The molecule has 0 bridgehead atoms. The molecule has 13 heteroatoms. The summed E-state index contributed by atoms with van der Waals surface area (Å²) in [6.45, 7) is 0. The first-order valence-electron chi connectivity index (χ1n) is 9.82. The van der Waals surface area contributed by atoms with E-state index in [1.807, 2.05) is 0 Å². The molecule has 1 aliphatic heterocycles. The Hall–Kier alpha value is -2.76. The van der Waals surface area contributed by atoms with Crippen molar-refractivity contribution in [3.05, 3.63) is 66.7 Å². The molecule has 0 saturated carbocycles. The van der Waals surface area contributed by atoms with Crippen molar-refractivity contribution < 1.29 is 57.1 Å². The minimum absolute atomic E-state index is 0. The average molecular weight is 518 g/mol. The fraction of sp³-hybridized carbons (Fsp3) is 0. The second-order valence-electron chi connectivity index (χ2n) is 7.63. The van der Waals surface area contributed by atoms with Gasteiger partial charge in [-0.25, -0.2) is 0 Å². The second-order valence-corrected chi connectivity index (χ2v) is 11.1. The standard InChI is InChI=1S/C22H17N4O6PS.Na/c23-13-6-5-12-9-20(34(30,31)32)21(22(27)15(12)10-13)26-25-14-7-8-17-19(11-14)33(28,29)18-4-2-1-3-16(18)24-17;/h1-11,24,27H,23H2,(H,28,29)(H,30,31,32);/q;+1/p-1. The van der Waals surface area contributed by atoms with Gasteiger partial charge in [0.25, 0.3) is 17.5 Å². The molecule has 1 aliphatic rings. The van der Waals surface area contributed by atoms with Gasteiger partial charge >= 0.3 is 29.6 Å². The fourth-order valence-corrected chi connectivity index (χ4v) is 6.22. The molecular formula is C22H16N4NaO6PS. The van der Waals surface area contributed by atoms with Crippen LogP contribution in [0.4, 0.5) is 28.4 Å². The Balaban J connectivity index is 0.00000289. The van der Waals surface area contributed by atoms with Gasteiger partial charge in [-0.2, -0.15) is 13.5 Å². The van der Waals surface area contributed by atoms with Gasteiger partial charge in [0.05, 0.1) is 33.4 Å². The van der Waals surface area contributed by atoms with Crippen molar-refractivity contribution in [3.8, 4) is 5.75 Å². The molecule has 10 nitrogen and oxygen atoms in total. The Bertz CT molecular complexity index is 1690. The van der Waals surface area contributed by atoms with Gasteiger partial charge in [0.15, 0.2) is 0 Å². The zero-order valence-corrected chi connectivity index (χ0v) is 21.9. The van der Waals surface area contributed by atoms with Crippen LogP contribution in [-0.2, 0) is 14.7 Å². The van der Waals surface area contributed by atoms with Gasteiger partial charge in [-0.15, -0.1) is 5.11 Å². The van der Waals surface area contributed by atoms with Gasteiger partial charge in [-0.05, 0) is 59.3 Å². The summed E-state index contributed by atoms with van der Waals surface area (Å²) in [7, 11) is -8.76. The Morgan fingerprint density at radius 1 is 0.943 bits per heavy atom. The second kappa shape index (κ2) is 9.03. The Morgan fingerprint density at radius 3 is 2.40 bits per heavy atom. The minimum Gasteiger partial charge on any atom is -0.871 e. The zero-order chi connectivity index (χ0) is 24.3. The first-order valence-corrected chi connectivity index (χ1v) is 12.9.